The van der Waals surface area contributed by atoms with Crippen LogP contribution in [-0.4, -0.2) is 28.2 Å². The van der Waals surface area contributed by atoms with E-state index in [-0.39, 0.29) is 5.91 Å². The Kier molecular flexibility index (Phi) is 3.53. The van der Waals surface area contributed by atoms with Crippen LogP contribution in [0.4, 0.5) is 0 Å². The minimum atomic E-state index is -0.148. The average molecular weight is 335 g/mol. The highest BCUT2D eigenvalue weighted by Gasteiger charge is 2.21. The van der Waals surface area contributed by atoms with Crippen LogP contribution < -0.4 is 0 Å². The third-order valence-corrected chi connectivity index (χ3v) is 4.37. The maximum atomic E-state index is 12.8. The van der Waals surface area contributed by atoms with Gasteiger partial charge in [0.15, 0.2) is 5.76 Å². The monoisotopic (exact) mass is 335 g/mol. The van der Waals surface area contributed by atoms with Crippen molar-refractivity contribution in [2.75, 3.05) is 7.05 Å². The van der Waals surface area contributed by atoms with Crippen LogP contribution in [0.3, 0.4) is 0 Å². The first-order valence-corrected chi connectivity index (χ1v) is 7.99. The smallest absolute Gasteiger partial charge is 0.289 e. The zero-order chi connectivity index (χ0) is 17.6. The lowest BCUT2D eigenvalue weighted by Gasteiger charge is -2.16. The first kappa shape index (κ1) is 15.4. The molecule has 0 saturated heterocycles. The molecule has 126 valence electrons. The van der Waals surface area contributed by atoms with Crippen molar-refractivity contribution in [3.8, 4) is 0 Å². The van der Waals surface area contributed by atoms with Crippen LogP contribution in [0.2, 0.25) is 0 Å². The van der Waals surface area contributed by atoms with Crippen molar-refractivity contribution in [1.82, 2.24) is 15.2 Å². The van der Waals surface area contributed by atoms with Gasteiger partial charge in [-0.15, -0.1) is 0 Å². The fourth-order valence-electron chi connectivity index (χ4n) is 2.98. The highest BCUT2D eigenvalue weighted by atomic mass is 16.6. The Balaban J connectivity index is 1.62. The Morgan fingerprint density at radius 1 is 1.08 bits per heavy atom. The van der Waals surface area contributed by atoms with Crippen LogP contribution in [-0.2, 0) is 6.54 Å². The molecule has 0 unspecified atom stereocenters. The second kappa shape index (κ2) is 5.73. The molecule has 0 bridgehead atoms. The van der Waals surface area contributed by atoms with Gasteiger partial charge in [-0.05, 0) is 53.5 Å². The number of rotatable bonds is 3. The van der Waals surface area contributed by atoms with Crippen LogP contribution in [0.25, 0.3) is 22.0 Å². The van der Waals surface area contributed by atoms with E-state index in [9.17, 15) is 4.79 Å². The SMILES string of the molecule is Cc1ccc2c(C)c(C(=O)N(C)Cc3ccc4nonc4c3)oc2c1. The number of fused-ring (bicyclic) bond motifs is 2. The summed E-state index contributed by atoms with van der Waals surface area (Å²) >= 11 is 0. The fourth-order valence-corrected chi connectivity index (χ4v) is 2.98. The maximum Gasteiger partial charge on any atom is 0.289 e. The Labute approximate surface area is 144 Å². The number of carbonyl (C=O) groups is 1. The van der Waals surface area contributed by atoms with Crippen LogP contribution in [0, 0.1) is 13.8 Å². The molecule has 2 heterocycles. The quantitative estimate of drug-likeness (QED) is 0.568. The molecule has 4 rings (SSSR count). The topological polar surface area (TPSA) is 72.4 Å². The van der Waals surface area contributed by atoms with Crippen LogP contribution >= 0.6 is 0 Å². The van der Waals surface area contributed by atoms with E-state index in [0.29, 0.717) is 23.3 Å². The molecular formula is C19H17N3O3. The summed E-state index contributed by atoms with van der Waals surface area (Å²) in [4.78, 5) is 14.5. The van der Waals surface area contributed by atoms with Gasteiger partial charge in [-0.3, -0.25) is 4.79 Å². The standard InChI is InChI=1S/C19H17N3O3/c1-11-4-6-14-12(2)18(24-17(14)8-11)19(23)22(3)10-13-5-7-15-16(9-13)21-25-20-15/h4-9H,10H2,1-3H3. The predicted octanol–water partition coefficient (Wildman–Crippen LogP) is 3.86. The molecule has 0 atom stereocenters. The number of hydrogen-bond acceptors (Lipinski definition) is 5. The summed E-state index contributed by atoms with van der Waals surface area (Å²) in [5, 5.41) is 8.59. The summed E-state index contributed by atoms with van der Waals surface area (Å²) in [5.74, 6) is 0.233. The summed E-state index contributed by atoms with van der Waals surface area (Å²) < 4.78 is 10.5. The first-order chi connectivity index (χ1) is 12.0. The zero-order valence-electron chi connectivity index (χ0n) is 14.2. The van der Waals surface area contributed by atoms with Gasteiger partial charge in [0.1, 0.15) is 16.6 Å². The Morgan fingerprint density at radius 2 is 1.88 bits per heavy atom. The summed E-state index contributed by atoms with van der Waals surface area (Å²) in [6, 6.07) is 11.6. The van der Waals surface area contributed by atoms with Gasteiger partial charge in [-0.1, -0.05) is 18.2 Å². The van der Waals surface area contributed by atoms with Gasteiger partial charge in [0, 0.05) is 24.5 Å². The third kappa shape index (κ3) is 2.65. The average Bonchev–Trinajstić information content (AvgIpc) is 3.18. The van der Waals surface area contributed by atoms with E-state index in [2.05, 4.69) is 10.3 Å². The summed E-state index contributed by atoms with van der Waals surface area (Å²) in [6.45, 7) is 4.35. The number of benzene rings is 2. The van der Waals surface area contributed by atoms with E-state index >= 15 is 0 Å². The van der Waals surface area contributed by atoms with Gasteiger partial charge < -0.3 is 9.32 Å². The Morgan fingerprint density at radius 3 is 2.72 bits per heavy atom. The Hall–Kier alpha value is -3.15. The highest BCUT2D eigenvalue weighted by Crippen LogP contribution is 2.27. The van der Waals surface area contributed by atoms with E-state index in [1.807, 2.05) is 50.2 Å². The van der Waals surface area contributed by atoms with E-state index < -0.39 is 0 Å². The molecule has 0 fully saturated rings. The van der Waals surface area contributed by atoms with Crippen molar-refractivity contribution >= 4 is 27.9 Å². The third-order valence-electron chi connectivity index (χ3n) is 4.37. The second-order valence-electron chi connectivity index (χ2n) is 6.30. The van der Waals surface area contributed by atoms with Crippen molar-refractivity contribution < 1.29 is 13.8 Å². The molecule has 2 aromatic carbocycles. The van der Waals surface area contributed by atoms with Crippen molar-refractivity contribution in [2.45, 2.75) is 20.4 Å². The summed E-state index contributed by atoms with van der Waals surface area (Å²) in [6.07, 6.45) is 0. The molecule has 6 nitrogen and oxygen atoms in total. The predicted molar refractivity (Wildman–Crippen MR) is 93.3 cm³/mol. The molecule has 0 aliphatic carbocycles. The van der Waals surface area contributed by atoms with Gasteiger partial charge in [-0.25, -0.2) is 4.63 Å². The molecule has 0 aliphatic heterocycles. The molecule has 0 spiro atoms. The molecule has 0 radical (unpaired) electrons. The highest BCUT2D eigenvalue weighted by molar-refractivity contribution is 5.98. The van der Waals surface area contributed by atoms with Crippen molar-refractivity contribution in [1.29, 1.82) is 0 Å². The number of furan rings is 1. The van der Waals surface area contributed by atoms with Gasteiger partial charge in [0.2, 0.25) is 0 Å². The second-order valence-corrected chi connectivity index (χ2v) is 6.30. The molecular weight excluding hydrogens is 318 g/mol. The zero-order valence-corrected chi connectivity index (χ0v) is 14.2. The van der Waals surface area contributed by atoms with E-state index in [1.54, 1.807) is 11.9 Å². The van der Waals surface area contributed by atoms with Crippen molar-refractivity contribution in [3.05, 3.63) is 58.8 Å². The first-order valence-electron chi connectivity index (χ1n) is 7.99. The van der Waals surface area contributed by atoms with Gasteiger partial charge in [0.05, 0.1) is 0 Å². The molecule has 2 aromatic heterocycles. The minimum Gasteiger partial charge on any atom is -0.451 e. The number of carbonyl (C=O) groups excluding carboxylic acids is 1. The lowest BCUT2D eigenvalue weighted by molar-refractivity contribution is 0.0755. The summed E-state index contributed by atoms with van der Waals surface area (Å²) in [7, 11) is 1.76. The largest absolute Gasteiger partial charge is 0.451 e. The lowest BCUT2D eigenvalue weighted by atomic mass is 10.1. The van der Waals surface area contributed by atoms with E-state index in [4.69, 9.17) is 9.05 Å². The number of hydrogen-bond donors (Lipinski definition) is 0. The number of nitrogens with zero attached hydrogens (tertiary/aromatic N) is 3. The van der Waals surface area contributed by atoms with Gasteiger partial charge in [0.25, 0.3) is 5.91 Å². The molecule has 0 aliphatic rings. The molecule has 6 heteroatoms. The van der Waals surface area contributed by atoms with E-state index in [0.717, 1.165) is 27.7 Å². The van der Waals surface area contributed by atoms with Gasteiger partial charge in [-0.2, -0.15) is 0 Å². The molecule has 0 N–H and O–H groups in total. The molecule has 1 amide bonds. The maximum absolute atomic E-state index is 12.8. The molecule has 4 aromatic rings. The Bertz CT molecular complexity index is 1090. The number of aryl methyl sites for hydroxylation is 2. The van der Waals surface area contributed by atoms with Crippen molar-refractivity contribution in [3.63, 3.8) is 0 Å². The number of aromatic nitrogens is 2. The van der Waals surface area contributed by atoms with Crippen LogP contribution in [0.1, 0.15) is 27.2 Å². The fraction of sp³-hybridized carbons (Fsp3) is 0.211. The van der Waals surface area contributed by atoms with Crippen LogP contribution in [0.15, 0.2) is 45.4 Å². The van der Waals surface area contributed by atoms with Gasteiger partial charge >= 0.3 is 0 Å². The van der Waals surface area contributed by atoms with Crippen molar-refractivity contribution in [2.24, 2.45) is 0 Å². The van der Waals surface area contributed by atoms with E-state index in [1.165, 1.54) is 0 Å². The lowest BCUT2D eigenvalue weighted by Crippen LogP contribution is -2.26. The normalized spacial score (nSPS) is 11.3. The van der Waals surface area contributed by atoms with Crippen LogP contribution in [0.5, 0.6) is 0 Å². The molecule has 0 saturated carbocycles. The summed E-state index contributed by atoms with van der Waals surface area (Å²) in [5.41, 5.74) is 5.02. The number of amides is 1. The molecule has 25 heavy (non-hydrogen) atoms. The minimum absolute atomic E-state index is 0.148.